The molecule has 7 nitrogen and oxygen atoms in total. The monoisotopic (exact) mass is 351 g/mol. The summed E-state index contributed by atoms with van der Waals surface area (Å²) in [4.78, 5) is 36.5. The molecule has 134 valence electrons. The fourth-order valence-electron chi connectivity index (χ4n) is 3.42. The summed E-state index contributed by atoms with van der Waals surface area (Å²) in [5.41, 5.74) is 9.32. The van der Waals surface area contributed by atoms with Crippen LogP contribution in [0.15, 0.2) is 29.1 Å². The van der Waals surface area contributed by atoms with Crippen molar-refractivity contribution in [1.29, 1.82) is 0 Å². The van der Waals surface area contributed by atoms with E-state index in [1.54, 1.807) is 4.90 Å². The number of rotatable bonds is 2. The summed E-state index contributed by atoms with van der Waals surface area (Å²) in [6, 6.07) is 8.08. The Morgan fingerprint density at radius 2 is 2.08 bits per heavy atom. The Hall–Kier alpha value is -3.09. The molecular formula is C19H21N5O2. The van der Waals surface area contributed by atoms with Gasteiger partial charge in [0.25, 0.3) is 11.5 Å². The van der Waals surface area contributed by atoms with Crippen molar-refractivity contribution in [2.45, 2.75) is 32.7 Å². The molecule has 0 atom stereocenters. The lowest BCUT2D eigenvalue weighted by atomic mass is 10.0. The standard InChI is InChI=1S/C19H21N5O2/c1-10(2)11-3-4-12-8-15(21-14(12)7-11)18(26)24-6-5-13-16(9-24)22-19(20)23-17(13)25/h3-4,7-8,10,21H,5-6,9H2,1-2H3,(H3,20,22,23,25). The zero-order chi connectivity index (χ0) is 18.4. The first kappa shape index (κ1) is 16.4. The van der Waals surface area contributed by atoms with Gasteiger partial charge in [-0.2, -0.15) is 0 Å². The average Bonchev–Trinajstić information content (AvgIpc) is 3.03. The lowest BCUT2D eigenvalue weighted by Gasteiger charge is -2.27. The quantitative estimate of drug-likeness (QED) is 0.657. The molecular weight excluding hydrogens is 330 g/mol. The zero-order valence-corrected chi connectivity index (χ0v) is 14.8. The molecule has 0 spiro atoms. The summed E-state index contributed by atoms with van der Waals surface area (Å²) in [5.74, 6) is 0.406. The van der Waals surface area contributed by atoms with Crippen molar-refractivity contribution in [3.8, 4) is 0 Å². The number of aromatic nitrogens is 3. The Labute approximate surface area is 150 Å². The van der Waals surface area contributed by atoms with Crippen LogP contribution in [0, 0.1) is 0 Å². The van der Waals surface area contributed by atoms with Gasteiger partial charge in [-0.3, -0.25) is 14.6 Å². The molecule has 0 saturated heterocycles. The fourth-order valence-corrected chi connectivity index (χ4v) is 3.42. The lowest BCUT2D eigenvalue weighted by Crippen LogP contribution is -2.39. The van der Waals surface area contributed by atoms with Crippen molar-refractivity contribution >= 4 is 22.8 Å². The van der Waals surface area contributed by atoms with Crippen LogP contribution >= 0.6 is 0 Å². The number of benzene rings is 1. The topological polar surface area (TPSA) is 108 Å². The number of nitrogens with one attached hydrogen (secondary N) is 2. The number of nitrogens with zero attached hydrogens (tertiary/aromatic N) is 2. The Kier molecular flexibility index (Phi) is 3.79. The summed E-state index contributed by atoms with van der Waals surface area (Å²) < 4.78 is 0. The van der Waals surface area contributed by atoms with Crippen molar-refractivity contribution < 1.29 is 4.79 Å². The van der Waals surface area contributed by atoms with E-state index >= 15 is 0 Å². The third-order valence-corrected chi connectivity index (χ3v) is 4.92. The van der Waals surface area contributed by atoms with Gasteiger partial charge in [-0.25, -0.2) is 4.98 Å². The summed E-state index contributed by atoms with van der Waals surface area (Å²) in [7, 11) is 0. The maximum Gasteiger partial charge on any atom is 0.270 e. The van der Waals surface area contributed by atoms with Crippen molar-refractivity contribution in [2.24, 2.45) is 0 Å². The maximum absolute atomic E-state index is 12.9. The van der Waals surface area contributed by atoms with Crippen LogP contribution in [0.4, 0.5) is 5.95 Å². The number of fused-ring (bicyclic) bond motifs is 2. The molecule has 0 saturated carbocycles. The van der Waals surface area contributed by atoms with Gasteiger partial charge in [-0.05, 0) is 30.0 Å². The van der Waals surface area contributed by atoms with Crippen molar-refractivity contribution in [2.75, 3.05) is 12.3 Å². The molecule has 4 N–H and O–H groups in total. The Morgan fingerprint density at radius 3 is 2.85 bits per heavy atom. The van der Waals surface area contributed by atoms with Crippen LogP contribution in [-0.2, 0) is 13.0 Å². The number of nitrogens with two attached hydrogens (primary N) is 1. The minimum absolute atomic E-state index is 0.0786. The van der Waals surface area contributed by atoms with E-state index in [2.05, 4.69) is 40.9 Å². The highest BCUT2D eigenvalue weighted by Gasteiger charge is 2.26. The van der Waals surface area contributed by atoms with Crippen LogP contribution in [0.2, 0.25) is 0 Å². The largest absolute Gasteiger partial charge is 0.369 e. The molecule has 2 aromatic heterocycles. The molecule has 26 heavy (non-hydrogen) atoms. The second kappa shape index (κ2) is 6.01. The first-order chi connectivity index (χ1) is 12.4. The van der Waals surface area contributed by atoms with Crippen LogP contribution in [-0.4, -0.2) is 32.3 Å². The maximum atomic E-state index is 12.9. The van der Waals surface area contributed by atoms with Crippen LogP contribution in [0.1, 0.15) is 47.1 Å². The van der Waals surface area contributed by atoms with Gasteiger partial charge in [0.2, 0.25) is 5.95 Å². The van der Waals surface area contributed by atoms with Crippen LogP contribution in [0.3, 0.4) is 0 Å². The van der Waals surface area contributed by atoms with E-state index in [4.69, 9.17) is 5.73 Å². The molecule has 0 bridgehead atoms. The van der Waals surface area contributed by atoms with Gasteiger partial charge in [0.05, 0.1) is 12.2 Å². The van der Waals surface area contributed by atoms with Crippen LogP contribution in [0.5, 0.6) is 0 Å². The second-order valence-electron chi connectivity index (χ2n) is 7.04. The van der Waals surface area contributed by atoms with Crippen molar-refractivity contribution in [3.63, 3.8) is 0 Å². The van der Waals surface area contributed by atoms with Gasteiger partial charge in [-0.1, -0.05) is 26.0 Å². The normalized spacial score (nSPS) is 14.0. The average molecular weight is 351 g/mol. The molecule has 0 fully saturated rings. The number of H-pyrrole nitrogens is 2. The smallest absolute Gasteiger partial charge is 0.270 e. The summed E-state index contributed by atoms with van der Waals surface area (Å²) in [5, 5.41) is 1.01. The minimum atomic E-state index is -0.216. The molecule has 4 rings (SSSR count). The minimum Gasteiger partial charge on any atom is -0.369 e. The number of amides is 1. The first-order valence-electron chi connectivity index (χ1n) is 8.72. The van der Waals surface area contributed by atoms with E-state index in [-0.39, 0.29) is 24.0 Å². The van der Waals surface area contributed by atoms with Crippen LogP contribution in [0.25, 0.3) is 10.9 Å². The Balaban J connectivity index is 1.63. The third-order valence-electron chi connectivity index (χ3n) is 4.92. The number of anilines is 1. The summed E-state index contributed by atoms with van der Waals surface area (Å²) >= 11 is 0. The number of aromatic amines is 2. The molecule has 1 aliphatic heterocycles. The molecule has 3 heterocycles. The van der Waals surface area contributed by atoms with Gasteiger partial charge < -0.3 is 15.6 Å². The highest BCUT2D eigenvalue weighted by Crippen LogP contribution is 2.23. The molecule has 0 unspecified atom stereocenters. The highest BCUT2D eigenvalue weighted by molar-refractivity contribution is 5.98. The molecule has 1 aliphatic rings. The highest BCUT2D eigenvalue weighted by atomic mass is 16.2. The predicted molar refractivity (Wildman–Crippen MR) is 100 cm³/mol. The van der Waals surface area contributed by atoms with E-state index in [1.807, 2.05) is 12.1 Å². The fraction of sp³-hybridized carbons (Fsp3) is 0.316. The van der Waals surface area contributed by atoms with E-state index < -0.39 is 0 Å². The molecule has 0 aliphatic carbocycles. The second-order valence-corrected chi connectivity index (χ2v) is 7.04. The number of nitrogen functional groups attached to an aromatic ring is 1. The molecule has 1 aromatic carbocycles. The van der Waals surface area contributed by atoms with Gasteiger partial charge in [-0.15, -0.1) is 0 Å². The third kappa shape index (κ3) is 2.75. The summed E-state index contributed by atoms with van der Waals surface area (Å²) in [6.45, 7) is 5.05. The van der Waals surface area contributed by atoms with E-state index in [1.165, 1.54) is 5.56 Å². The lowest BCUT2D eigenvalue weighted by molar-refractivity contribution is 0.0726. The molecule has 0 radical (unpaired) electrons. The van der Waals surface area contributed by atoms with Gasteiger partial charge in [0.1, 0.15) is 5.69 Å². The molecule has 3 aromatic rings. The molecule has 1 amide bonds. The Morgan fingerprint density at radius 1 is 1.27 bits per heavy atom. The number of hydrogen-bond donors (Lipinski definition) is 3. The predicted octanol–water partition coefficient (Wildman–Crippen LogP) is 2.16. The van der Waals surface area contributed by atoms with E-state index in [9.17, 15) is 9.59 Å². The van der Waals surface area contributed by atoms with Gasteiger partial charge in [0, 0.05) is 23.0 Å². The van der Waals surface area contributed by atoms with Gasteiger partial charge >= 0.3 is 0 Å². The zero-order valence-electron chi connectivity index (χ0n) is 14.8. The van der Waals surface area contributed by atoms with E-state index in [0.29, 0.717) is 35.8 Å². The van der Waals surface area contributed by atoms with Crippen molar-refractivity contribution in [3.05, 3.63) is 57.1 Å². The number of carbonyl (C=O) groups excluding carboxylic acids is 1. The number of carbonyl (C=O) groups is 1. The van der Waals surface area contributed by atoms with Gasteiger partial charge in [0.15, 0.2) is 0 Å². The first-order valence-corrected chi connectivity index (χ1v) is 8.72. The molecule has 7 heteroatoms. The van der Waals surface area contributed by atoms with Crippen LogP contribution < -0.4 is 11.3 Å². The SMILES string of the molecule is CC(C)c1ccc2cc(C(=O)N3CCc4c(nc(N)[nH]c4=O)C3)[nH]c2c1. The van der Waals surface area contributed by atoms with E-state index in [0.717, 1.165) is 10.9 Å². The summed E-state index contributed by atoms with van der Waals surface area (Å²) in [6.07, 6.45) is 0.474. The Bertz CT molecular complexity index is 1060. The van der Waals surface area contributed by atoms with Crippen molar-refractivity contribution in [1.82, 2.24) is 19.9 Å². The number of hydrogen-bond acceptors (Lipinski definition) is 4.